The van der Waals surface area contributed by atoms with Gasteiger partial charge in [-0.25, -0.2) is 8.42 Å². The van der Waals surface area contributed by atoms with E-state index in [1.165, 1.54) is 12.1 Å². The molecule has 1 aliphatic heterocycles. The molecule has 10 heteroatoms. The fourth-order valence-electron chi connectivity index (χ4n) is 4.80. The number of carbonyl (C=O) groups is 1. The van der Waals surface area contributed by atoms with Crippen LogP contribution in [-0.2, 0) is 16.9 Å². The van der Waals surface area contributed by atoms with E-state index in [0.29, 0.717) is 5.56 Å². The normalized spacial score (nSPS) is 14.8. The zero-order valence-electron chi connectivity index (χ0n) is 20.5. The van der Waals surface area contributed by atoms with Gasteiger partial charge in [0.1, 0.15) is 5.69 Å². The van der Waals surface area contributed by atoms with E-state index in [1.807, 2.05) is 32.3 Å². The molecule has 2 aromatic carbocycles. The molecule has 36 heavy (non-hydrogen) atoms. The number of fused-ring (bicyclic) bond motifs is 1. The predicted molar refractivity (Wildman–Crippen MR) is 139 cm³/mol. The van der Waals surface area contributed by atoms with Gasteiger partial charge in [-0.05, 0) is 43.2 Å². The summed E-state index contributed by atoms with van der Waals surface area (Å²) >= 11 is 0. The van der Waals surface area contributed by atoms with E-state index in [4.69, 9.17) is 0 Å². The number of piperidine rings is 1. The minimum Gasteiger partial charge on any atom is -0.354 e. The number of sulfone groups is 1. The Kier molecular flexibility index (Phi) is 6.21. The highest BCUT2D eigenvalue weighted by atomic mass is 32.2. The van der Waals surface area contributed by atoms with E-state index < -0.39 is 9.84 Å². The maximum atomic E-state index is 13.0. The molecular weight excluding hydrogens is 476 g/mol. The van der Waals surface area contributed by atoms with Crippen molar-refractivity contribution < 1.29 is 13.2 Å². The SMILES string of the molecule is CN(C(=O)c1ccc(S(C)(=O)=O)cc1)C1CCN(c2nnc(-c3ccnn3C)c3ccccc23)CC1. The largest absolute Gasteiger partial charge is 0.354 e. The Hall–Kier alpha value is -3.79. The molecule has 4 aromatic rings. The number of hydrogen-bond acceptors (Lipinski definition) is 7. The van der Waals surface area contributed by atoms with Gasteiger partial charge in [-0.15, -0.1) is 10.2 Å². The highest BCUT2D eigenvalue weighted by Gasteiger charge is 2.28. The number of nitrogens with zero attached hydrogens (tertiary/aromatic N) is 6. The molecular formula is C26H28N6O3S. The van der Waals surface area contributed by atoms with Crippen LogP contribution in [-0.4, -0.2) is 71.6 Å². The number of benzene rings is 2. The summed E-state index contributed by atoms with van der Waals surface area (Å²) in [6.45, 7) is 1.50. The topological polar surface area (TPSA) is 101 Å². The van der Waals surface area contributed by atoms with E-state index >= 15 is 0 Å². The quantitative estimate of drug-likeness (QED) is 0.411. The minimum atomic E-state index is -3.30. The third-order valence-electron chi connectivity index (χ3n) is 6.89. The van der Waals surface area contributed by atoms with Crippen molar-refractivity contribution in [2.24, 2.45) is 7.05 Å². The van der Waals surface area contributed by atoms with Gasteiger partial charge >= 0.3 is 0 Å². The van der Waals surface area contributed by atoms with Crippen LogP contribution in [0.3, 0.4) is 0 Å². The second-order valence-corrected chi connectivity index (χ2v) is 11.2. The molecule has 0 bridgehead atoms. The number of anilines is 1. The third kappa shape index (κ3) is 4.44. The molecule has 0 radical (unpaired) electrons. The molecule has 0 unspecified atom stereocenters. The molecule has 1 amide bonds. The van der Waals surface area contributed by atoms with Crippen LogP contribution in [0.25, 0.3) is 22.2 Å². The minimum absolute atomic E-state index is 0.0799. The molecule has 0 saturated carbocycles. The van der Waals surface area contributed by atoms with Crippen LogP contribution in [0.1, 0.15) is 23.2 Å². The van der Waals surface area contributed by atoms with Crippen molar-refractivity contribution in [2.45, 2.75) is 23.8 Å². The Morgan fingerprint density at radius 3 is 2.25 bits per heavy atom. The van der Waals surface area contributed by atoms with Gasteiger partial charge in [0.15, 0.2) is 15.7 Å². The van der Waals surface area contributed by atoms with Gasteiger partial charge in [0.2, 0.25) is 0 Å². The van der Waals surface area contributed by atoms with Gasteiger partial charge in [0.05, 0.1) is 10.6 Å². The summed E-state index contributed by atoms with van der Waals surface area (Å²) < 4.78 is 25.2. The van der Waals surface area contributed by atoms with Crippen LogP contribution in [0.5, 0.6) is 0 Å². The lowest BCUT2D eigenvalue weighted by atomic mass is 10.0. The summed E-state index contributed by atoms with van der Waals surface area (Å²) in [4.78, 5) is 17.2. The zero-order chi connectivity index (χ0) is 25.4. The van der Waals surface area contributed by atoms with Gasteiger partial charge in [0.25, 0.3) is 5.91 Å². The summed E-state index contributed by atoms with van der Waals surface area (Å²) in [6.07, 6.45) is 4.50. The summed E-state index contributed by atoms with van der Waals surface area (Å²) in [5.74, 6) is 0.736. The Morgan fingerprint density at radius 1 is 0.972 bits per heavy atom. The molecule has 1 fully saturated rings. The first-order valence-electron chi connectivity index (χ1n) is 11.8. The average Bonchev–Trinajstić information content (AvgIpc) is 3.32. The molecule has 0 atom stereocenters. The maximum absolute atomic E-state index is 13.0. The molecule has 2 aromatic heterocycles. The van der Waals surface area contributed by atoms with E-state index in [2.05, 4.69) is 32.3 Å². The molecule has 0 spiro atoms. The number of rotatable bonds is 5. The fraction of sp³-hybridized carbons (Fsp3) is 0.308. The van der Waals surface area contributed by atoms with Crippen LogP contribution in [0, 0.1) is 0 Å². The first kappa shape index (κ1) is 23.9. The number of carbonyl (C=O) groups excluding carboxylic acids is 1. The van der Waals surface area contributed by atoms with Crippen molar-refractivity contribution >= 4 is 32.3 Å². The van der Waals surface area contributed by atoms with E-state index in [1.54, 1.807) is 27.9 Å². The van der Waals surface area contributed by atoms with Crippen molar-refractivity contribution in [3.63, 3.8) is 0 Å². The van der Waals surface area contributed by atoms with Gasteiger partial charge in [0, 0.05) is 62.0 Å². The summed E-state index contributed by atoms with van der Waals surface area (Å²) in [7, 11) is 0.404. The number of amides is 1. The Bertz CT molecular complexity index is 1520. The standard InChI is InChI=1S/C26H28N6O3S/c1-30(26(33)18-8-10-20(11-9-18)36(3,34)35)19-13-16-32(17-14-19)25-22-7-5-4-6-21(22)24(28-29-25)23-12-15-27-31(23)2/h4-12,15,19H,13-14,16-17H2,1-3H3. The molecule has 3 heterocycles. The van der Waals surface area contributed by atoms with Crippen LogP contribution >= 0.6 is 0 Å². The maximum Gasteiger partial charge on any atom is 0.253 e. The van der Waals surface area contributed by atoms with Crippen LogP contribution in [0.15, 0.2) is 65.7 Å². The highest BCUT2D eigenvalue weighted by molar-refractivity contribution is 7.90. The molecule has 0 N–H and O–H groups in total. The second kappa shape index (κ2) is 9.34. The first-order chi connectivity index (χ1) is 17.2. The van der Waals surface area contributed by atoms with Crippen molar-refractivity contribution in [2.75, 3.05) is 31.3 Å². The van der Waals surface area contributed by atoms with Crippen LogP contribution < -0.4 is 4.90 Å². The smallest absolute Gasteiger partial charge is 0.253 e. The lowest BCUT2D eigenvalue weighted by Crippen LogP contribution is -2.46. The van der Waals surface area contributed by atoms with Crippen molar-refractivity contribution in [1.29, 1.82) is 0 Å². The van der Waals surface area contributed by atoms with E-state index in [0.717, 1.165) is 60.2 Å². The molecule has 1 aliphatic rings. The van der Waals surface area contributed by atoms with Crippen molar-refractivity contribution in [3.05, 3.63) is 66.4 Å². The fourth-order valence-corrected chi connectivity index (χ4v) is 5.43. The number of hydrogen-bond donors (Lipinski definition) is 0. The zero-order valence-corrected chi connectivity index (χ0v) is 21.3. The van der Waals surface area contributed by atoms with Gasteiger partial charge in [-0.1, -0.05) is 24.3 Å². The monoisotopic (exact) mass is 504 g/mol. The molecule has 5 rings (SSSR count). The molecule has 1 saturated heterocycles. The van der Waals surface area contributed by atoms with Gasteiger partial charge in [-0.2, -0.15) is 5.10 Å². The van der Waals surface area contributed by atoms with E-state index in [9.17, 15) is 13.2 Å². The molecule has 186 valence electrons. The van der Waals surface area contributed by atoms with Crippen LogP contribution in [0.4, 0.5) is 5.82 Å². The average molecular weight is 505 g/mol. The lowest BCUT2D eigenvalue weighted by molar-refractivity contribution is 0.0709. The van der Waals surface area contributed by atoms with Crippen LogP contribution in [0.2, 0.25) is 0 Å². The molecule has 9 nitrogen and oxygen atoms in total. The third-order valence-corrected chi connectivity index (χ3v) is 8.02. The summed E-state index contributed by atoms with van der Waals surface area (Å²) in [5, 5.41) is 15.5. The van der Waals surface area contributed by atoms with Crippen molar-refractivity contribution in [3.8, 4) is 11.4 Å². The predicted octanol–water partition coefficient (Wildman–Crippen LogP) is 3.17. The Balaban J connectivity index is 1.32. The van der Waals surface area contributed by atoms with E-state index in [-0.39, 0.29) is 16.8 Å². The Morgan fingerprint density at radius 2 is 1.64 bits per heavy atom. The summed E-state index contributed by atoms with van der Waals surface area (Å²) in [6, 6.07) is 16.3. The number of aromatic nitrogens is 4. The lowest BCUT2D eigenvalue weighted by Gasteiger charge is -2.37. The summed E-state index contributed by atoms with van der Waals surface area (Å²) in [5.41, 5.74) is 2.19. The molecule has 0 aliphatic carbocycles. The van der Waals surface area contributed by atoms with Gasteiger partial charge in [-0.3, -0.25) is 9.48 Å². The number of aryl methyl sites for hydroxylation is 1. The van der Waals surface area contributed by atoms with Gasteiger partial charge < -0.3 is 9.80 Å². The Labute approximate surface area is 210 Å². The van der Waals surface area contributed by atoms with Crippen molar-refractivity contribution in [1.82, 2.24) is 24.9 Å². The highest BCUT2D eigenvalue weighted by Crippen LogP contribution is 2.32. The first-order valence-corrected chi connectivity index (χ1v) is 13.7. The second-order valence-electron chi connectivity index (χ2n) is 9.19.